The van der Waals surface area contributed by atoms with E-state index in [1.165, 1.54) is 18.4 Å². The summed E-state index contributed by atoms with van der Waals surface area (Å²) in [4.78, 5) is 0.309. The molecule has 0 bridgehead atoms. The van der Waals surface area contributed by atoms with Crippen molar-refractivity contribution >= 4 is 10.0 Å². The van der Waals surface area contributed by atoms with Gasteiger partial charge in [0.1, 0.15) is 0 Å². The van der Waals surface area contributed by atoms with Crippen molar-refractivity contribution < 1.29 is 8.42 Å². The normalized spacial score (nSPS) is 12.0. The van der Waals surface area contributed by atoms with Crippen LogP contribution in [0.1, 0.15) is 11.1 Å². The Balaban J connectivity index is 1.94. The molecule has 0 fully saturated rings. The van der Waals surface area contributed by atoms with Gasteiger partial charge in [0.2, 0.25) is 10.0 Å². The molecule has 1 heterocycles. The Bertz CT molecular complexity index is 690. The van der Waals surface area contributed by atoms with Crippen molar-refractivity contribution in [2.24, 2.45) is 7.05 Å². The Kier molecular flexibility index (Phi) is 4.76. The number of nitrogens with zero attached hydrogens (tertiary/aromatic N) is 3. The lowest BCUT2D eigenvalue weighted by molar-refractivity contribution is 0.520. The van der Waals surface area contributed by atoms with Gasteiger partial charge in [0.15, 0.2) is 0 Å². The van der Waals surface area contributed by atoms with Crippen LogP contribution in [0, 0.1) is 0 Å². The average Bonchev–Trinajstić information content (AvgIpc) is 2.85. The molecule has 0 aliphatic heterocycles. The first-order valence-corrected chi connectivity index (χ1v) is 8.03. The van der Waals surface area contributed by atoms with Crippen LogP contribution in [0.2, 0.25) is 0 Å². The van der Waals surface area contributed by atoms with Gasteiger partial charge in [-0.3, -0.25) is 4.68 Å². The molecule has 0 amide bonds. The molecule has 21 heavy (non-hydrogen) atoms. The van der Waals surface area contributed by atoms with Crippen molar-refractivity contribution in [3.8, 4) is 0 Å². The van der Waals surface area contributed by atoms with Crippen LogP contribution in [-0.4, -0.2) is 36.6 Å². The molecule has 0 radical (unpaired) electrons. The Labute approximate surface area is 125 Å². The summed E-state index contributed by atoms with van der Waals surface area (Å²) in [5, 5.41) is 7.40. The van der Waals surface area contributed by atoms with Gasteiger partial charge in [-0.1, -0.05) is 12.1 Å². The molecule has 1 aromatic heterocycles. The van der Waals surface area contributed by atoms with Crippen LogP contribution >= 0.6 is 0 Å². The van der Waals surface area contributed by atoms with Gasteiger partial charge in [-0.2, -0.15) is 5.10 Å². The minimum atomic E-state index is -3.35. The minimum absolute atomic E-state index is 0.309. The molecule has 0 atom stereocenters. The largest absolute Gasteiger partial charge is 0.309 e. The van der Waals surface area contributed by atoms with Crippen LogP contribution in [-0.2, 0) is 30.2 Å². The van der Waals surface area contributed by atoms with Gasteiger partial charge < -0.3 is 5.32 Å². The summed E-state index contributed by atoms with van der Waals surface area (Å²) in [6.45, 7) is 1.41. The lowest BCUT2D eigenvalue weighted by Gasteiger charge is -2.11. The average molecular weight is 308 g/mol. The molecule has 114 valence electrons. The second kappa shape index (κ2) is 6.38. The van der Waals surface area contributed by atoms with Crippen LogP contribution in [0.4, 0.5) is 0 Å². The van der Waals surface area contributed by atoms with E-state index < -0.39 is 10.0 Å². The zero-order valence-corrected chi connectivity index (χ0v) is 13.3. The minimum Gasteiger partial charge on any atom is -0.309 e. The number of hydrogen-bond donors (Lipinski definition) is 1. The first-order chi connectivity index (χ1) is 9.89. The van der Waals surface area contributed by atoms with Crippen LogP contribution in [0.15, 0.2) is 41.6 Å². The predicted octanol–water partition coefficient (Wildman–Crippen LogP) is 0.960. The van der Waals surface area contributed by atoms with E-state index in [0.29, 0.717) is 11.4 Å². The molecule has 0 spiro atoms. The fourth-order valence-electron chi connectivity index (χ4n) is 1.90. The number of aryl methyl sites for hydroxylation is 1. The molecular formula is C14H20N4O2S. The Morgan fingerprint density at radius 3 is 2.29 bits per heavy atom. The summed E-state index contributed by atoms with van der Waals surface area (Å²) in [6.07, 6.45) is 3.78. The van der Waals surface area contributed by atoms with Crippen LogP contribution in [0.5, 0.6) is 0 Å². The SMILES string of the molecule is CN(C)S(=O)(=O)c1ccc(CNCc2cnn(C)c2)cc1. The molecule has 0 saturated heterocycles. The van der Waals surface area contributed by atoms with Crippen LogP contribution < -0.4 is 5.32 Å². The highest BCUT2D eigenvalue weighted by atomic mass is 32.2. The molecule has 7 heteroatoms. The molecule has 6 nitrogen and oxygen atoms in total. The summed E-state index contributed by atoms with van der Waals surface area (Å²) in [5.41, 5.74) is 2.15. The summed E-state index contributed by atoms with van der Waals surface area (Å²) in [5.74, 6) is 0. The molecule has 0 unspecified atom stereocenters. The first-order valence-electron chi connectivity index (χ1n) is 6.59. The Hall–Kier alpha value is -1.70. The van der Waals surface area contributed by atoms with Gasteiger partial charge in [0, 0.05) is 46.0 Å². The highest BCUT2D eigenvalue weighted by Gasteiger charge is 2.16. The van der Waals surface area contributed by atoms with Crippen molar-refractivity contribution in [3.05, 3.63) is 47.8 Å². The predicted molar refractivity (Wildman–Crippen MR) is 81.1 cm³/mol. The summed E-state index contributed by atoms with van der Waals surface area (Å²) >= 11 is 0. The molecule has 0 aliphatic carbocycles. The number of aromatic nitrogens is 2. The third kappa shape index (κ3) is 3.90. The summed E-state index contributed by atoms with van der Waals surface area (Å²) in [7, 11) is 1.58. The number of nitrogens with one attached hydrogen (secondary N) is 1. The van der Waals surface area contributed by atoms with Crippen molar-refractivity contribution in [2.75, 3.05) is 14.1 Å². The quantitative estimate of drug-likeness (QED) is 0.863. The van der Waals surface area contributed by atoms with Gasteiger partial charge in [-0.05, 0) is 17.7 Å². The van der Waals surface area contributed by atoms with Crippen molar-refractivity contribution in [2.45, 2.75) is 18.0 Å². The smallest absolute Gasteiger partial charge is 0.242 e. The van der Waals surface area contributed by atoms with Gasteiger partial charge in [0.25, 0.3) is 0 Å². The second-order valence-corrected chi connectivity index (χ2v) is 7.21. The van der Waals surface area contributed by atoms with Crippen molar-refractivity contribution in [3.63, 3.8) is 0 Å². The Morgan fingerprint density at radius 1 is 1.14 bits per heavy atom. The van der Waals surface area contributed by atoms with Gasteiger partial charge in [-0.25, -0.2) is 12.7 Å². The molecule has 2 aromatic rings. The van der Waals surface area contributed by atoms with E-state index in [1.54, 1.807) is 16.8 Å². The third-order valence-corrected chi connectivity index (χ3v) is 4.95. The number of benzene rings is 1. The highest BCUT2D eigenvalue weighted by Crippen LogP contribution is 2.14. The van der Waals surface area contributed by atoms with E-state index in [9.17, 15) is 8.42 Å². The molecule has 0 saturated carbocycles. The lowest BCUT2D eigenvalue weighted by atomic mass is 10.2. The van der Waals surface area contributed by atoms with E-state index in [-0.39, 0.29) is 0 Å². The van der Waals surface area contributed by atoms with E-state index in [4.69, 9.17) is 0 Å². The standard InChI is InChI=1S/C14H20N4O2S/c1-17(2)21(19,20)14-6-4-12(5-7-14)8-15-9-13-10-16-18(3)11-13/h4-7,10-11,15H,8-9H2,1-3H3. The van der Waals surface area contributed by atoms with E-state index >= 15 is 0 Å². The van der Waals surface area contributed by atoms with E-state index in [2.05, 4.69) is 10.4 Å². The fourth-order valence-corrected chi connectivity index (χ4v) is 2.81. The highest BCUT2D eigenvalue weighted by molar-refractivity contribution is 7.89. The molecule has 1 N–H and O–H groups in total. The monoisotopic (exact) mass is 308 g/mol. The Morgan fingerprint density at radius 2 is 1.76 bits per heavy atom. The maximum atomic E-state index is 11.9. The van der Waals surface area contributed by atoms with Crippen molar-refractivity contribution in [1.29, 1.82) is 0 Å². The maximum Gasteiger partial charge on any atom is 0.242 e. The molecule has 1 aromatic carbocycles. The van der Waals surface area contributed by atoms with Crippen LogP contribution in [0.25, 0.3) is 0 Å². The second-order valence-electron chi connectivity index (χ2n) is 5.06. The van der Waals surface area contributed by atoms with Crippen LogP contribution in [0.3, 0.4) is 0 Å². The maximum absolute atomic E-state index is 11.9. The van der Waals surface area contributed by atoms with Gasteiger partial charge in [-0.15, -0.1) is 0 Å². The number of rotatable bonds is 6. The summed E-state index contributed by atoms with van der Waals surface area (Å²) in [6, 6.07) is 6.92. The first kappa shape index (κ1) is 15.7. The summed E-state index contributed by atoms with van der Waals surface area (Å²) < 4.78 is 26.9. The van der Waals surface area contributed by atoms with E-state index in [1.807, 2.05) is 31.6 Å². The zero-order chi connectivity index (χ0) is 15.5. The number of sulfonamides is 1. The zero-order valence-electron chi connectivity index (χ0n) is 12.4. The molecule has 2 rings (SSSR count). The topological polar surface area (TPSA) is 67.2 Å². The number of hydrogen-bond acceptors (Lipinski definition) is 4. The fraction of sp³-hybridized carbons (Fsp3) is 0.357. The van der Waals surface area contributed by atoms with Gasteiger partial charge in [0.05, 0.1) is 11.1 Å². The van der Waals surface area contributed by atoms with Crippen molar-refractivity contribution in [1.82, 2.24) is 19.4 Å². The third-order valence-electron chi connectivity index (χ3n) is 3.12. The lowest BCUT2D eigenvalue weighted by Crippen LogP contribution is -2.22. The molecular weight excluding hydrogens is 288 g/mol. The van der Waals surface area contributed by atoms with Gasteiger partial charge >= 0.3 is 0 Å². The van der Waals surface area contributed by atoms with E-state index in [0.717, 1.165) is 17.7 Å². The molecule has 0 aliphatic rings.